The van der Waals surface area contributed by atoms with Crippen LogP contribution >= 0.6 is 27.3 Å². The lowest BCUT2D eigenvalue weighted by Crippen LogP contribution is -2.29. The minimum absolute atomic E-state index is 0.197. The van der Waals surface area contributed by atoms with Crippen LogP contribution in [0.3, 0.4) is 0 Å². The van der Waals surface area contributed by atoms with E-state index in [1.807, 2.05) is 23.5 Å². The Morgan fingerprint density at radius 2 is 2.22 bits per heavy atom. The van der Waals surface area contributed by atoms with E-state index in [2.05, 4.69) is 32.3 Å². The molecule has 1 aliphatic heterocycles. The summed E-state index contributed by atoms with van der Waals surface area (Å²) in [4.78, 5) is 3.93. The molecule has 4 heteroatoms. The fourth-order valence-electron chi connectivity index (χ4n) is 2.34. The first-order chi connectivity index (χ1) is 8.72. The number of benzene rings is 1. The zero-order chi connectivity index (χ0) is 12.5. The van der Waals surface area contributed by atoms with Crippen molar-refractivity contribution in [1.29, 1.82) is 0 Å². The Labute approximate surface area is 118 Å². The van der Waals surface area contributed by atoms with E-state index in [-0.39, 0.29) is 5.82 Å². The van der Waals surface area contributed by atoms with Crippen molar-refractivity contribution in [2.24, 2.45) is 0 Å². The van der Waals surface area contributed by atoms with Gasteiger partial charge < -0.3 is 0 Å². The third-order valence-corrected chi connectivity index (χ3v) is 4.91. The number of rotatable bonds is 2. The lowest BCUT2D eigenvalue weighted by Gasteiger charge is -2.26. The van der Waals surface area contributed by atoms with E-state index in [1.165, 1.54) is 16.5 Å². The number of fused-ring (bicyclic) bond motifs is 1. The van der Waals surface area contributed by atoms with Crippen molar-refractivity contribution < 1.29 is 4.39 Å². The van der Waals surface area contributed by atoms with Gasteiger partial charge in [0, 0.05) is 24.5 Å². The topological polar surface area (TPSA) is 3.24 Å². The largest absolute Gasteiger partial charge is 0.294 e. The van der Waals surface area contributed by atoms with Gasteiger partial charge in [-0.15, -0.1) is 11.3 Å². The molecule has 0 atom stereocenters. The molecular weight excluding hydrogens is 313 g/mol. The van der Waals surface area contributed by atoms with Crippen molar-refractivity contribution in [3.05, 3.63) is 55.9 Å². The molecule has 1 aromatic heterocycles. The zero-order valence-electron chi connectivity index (χ0n) is 9.83. The molecule has 0 amide bonds. The minimum Gasteiger partial charge on any atom is -0.294 e. The van der Waals surface area contributed by atoms with Gasteiger partial charge >= 0.3 is 0 Å². The SMILES string of the molecule is Fc1ccc(CN2CCc3sccc3C2)cc1Br. The lowest BCUT2D eigenvalue weighted by molar-refractivity contribution is 0.247. The highest BCUT2D eigenvalue weighted by molar-refractivity contribution is 9.10. The molecule has 18 heavy (non-hydrogen) atoms. The molecule has 3 rings (SSSR count). The van der Waals surface area contributed by atoms with Crippen molar-refractivity contribution in [2.75, 3.05) is 6.54 Å². The number of nitrogens with zero attached hydrogens (tertiary/aromatic N) is 1. The summed E-state index contributed by atoms with van der Waals surface area (Å²) in [7, 11) is 0. The van der Waals surface area contributed by atoms with Crippen LogP contribution in [0.1, 0.15) is 16.0 Å². The zero-order valence-corrected chi connectivity index (χ0v) is 12.2. The van der Waals surface area contributed by atoms with Gasteiger partial charge in [0.05, 0.1) is 4.47 Å². The predicted molar refractivity (Wildman–Crippen MR) is 76.2 cm³/mol. The standard InChI is InChI=1S/C14H13BrFNS/c15-12-7-10(1-2-13(12)16)8-17-5-3-14-11(9-17)4-6-18-14/h1-2,4,6-7H,3,5,8-9H2. The summed E-state index contributed by atoms with van der Waals surface area (Å²) in [5.41, 5.74) is 2.61. The Balaban J connectivity index is 1.72. The molecule has 0 radical (unpaired) electrons. The van der Waals surface area contributed by atoms with Crippen LogP contribution in [0.5, 0.6) is 0 Å². The summed E-state index contributed by atoms with van der Waals surface area (Å²) >= 11 is 5.09. The first-order valence-electron chi connectivity index (χ1n) is 5.94. The van der Waals surface area contributed by atoms with Gasteiger partial charge in [0.1, 0.15) is 5.82 Å². The summed E-state index contributed by atoms with van der Waals surface area (Å²) in [5.74, 6) is -0.197. The van der Waals surface area contributed by atoms with Crippen LogP contribution in [0.2, 0.25) is 0 Å². The summed E-state index contributed by atoms with van der Waals surface area (Å²) in [6, 6.07) is 7.48. The highest BCUT2D eigenvalue weighted by Gasteiger charge is 2.17. The van der Waals surface area contributed by atoms with Gasteiger partial charge in [0.15, 0.2) is 0 Å². The Kier molecular flexibility index (Phi) is 3.50. The molecule has 0 spiro atoms. The summed E-state index contributed by atoms with van der Waals surface area (Å²) in [6.07, 6.45) is 1.13. The molecule has 1 aliphatic rings. The molecule has 0 saturated carbocycles. The van der Waals surface area contributed by atoms with E-state index in [4.69, 9.17) is 0 Å². The molecule has 0 fully saturated rings. The number of halogens is 2. The second-order valence-electron chi connectivity index (χ2n) is 4.58. The fourth-order valence-corrected chi connectivity index (χ4v) is 3.65. The first-order valence-corrected chi connectivity index (χ1v) is 7.61. The van der Waals surface area contributed by atoms with Crippen LogP contribution in [0.25, 0.3) is 0 Å². The molecule has 2 heterocycles. The highest BCUT2D eigenvalue weighted by atomic mass is 79.9. The second kappa shape index (κ2) is 5.11. The maximum Gasteiger partial charge on any atom is 0.137 e. The molecule has 0 aliphatic carbocycles. The van der Waals surface area contributed by atoms with E-state index in [0.29, 0.717) is 4.47 Å². The van der Waals surface area contributed by atoms with Crippen molar-refractivity contribution in [3.63, 3.8) is 0 Å². The molecule has 0 N–H and O–H groups in total. The monoisotopic (exact) mass is 325 g/mol. The Morgan fingerprint density at radius 3 is 3.06 bits per heavy atom. The van der Waals surface area contributed by atoms with Crippen LogP contribution in [-0.2, 0) is 19.5 Å². The molecular formula is C14H13BrFNS. The average molecular weight is 326 g/mol. The maximum atomic E-state index is 13.2. The summed E-state index contributed by atoms with van der Waals surface area (Å²) in [6.45, 7) is 2.98. The molecule has 0 saturated heterocycles. The molecule has 1 nitrogen and oxygen atoms in total. The van der Waals surface area contributed by atoms with Crippen LogP contribution in [0, 0.1) is 5.82 Å². The van der Waals surface area contributed by atoms with Gasteiger partial charge in [-0.2, -0.15) is 0 Å². The quantitative estimate of drug-likeness (QED) is 0.799. The van der Waals surface area contributed by atoms with Crippen molar-refractivity contribution >= 4 is 27.3 Å². The Bertz CT molecular complexity index is 567. The van der Waals surface area contributed by atoms with Crippen LogP contribution < -0.4 is 0 Å². The van der Waals surface area contributed by atoms with Gasteiger partial charge in [0.25, 0.3) is 0 Å². The second-order valence-corrected chi connectivity index (χ2v) is 6.43. The van der Waals surface area contributed by atoms with E-state index >= 15 is 0 Å². The van der Waals surface area contributed by atoms with Crippen molar-refractivity contribution in [3.8, 4) is 0 Å². The molecule has 2 aromatic rings. The van der Waals surface area contributed by atoms with E-state index in [1.54, 1.807) is 0 Å². The number of hydrogen-bond acceptors (Lipinski definition) is 2. The van der Waals surface area contributed by atoms with Crippen LogP contribution in [0.15, 0.2) is 34.1 Å². The van der Waals surface area contributed by atoms with Crippen LogP contribution in [0.4, 0.5) is 4.39 Å². The van der Waals surface area contributed by atoms with Gasteiger partial charge in [-0.05, 0) is 57.1 Å². The van der Waals surface area contributed by atoms with E-state index < -0.39 is 0 Å². The Morgan fingerprint density at radius 1 is 1.33 bits per heavy atom. The number of thiophene rings is 1. The average Bonchev–Trinajstić information content (AvgIpc) is 2.81. The van der Waals surface area contributed by atoms with Gasteiger partial charge in [-0.1, -0.05) is 6.07 Å². The fraction of sp³-hybridized carbons (Fsp3) is 0.286. The Hall–Kier alpha value is -0.710. The summed E-state index contributed by atoms with van der Waals surface area (Å²) in [5, 5.41) is 2.17. The molecule has 0 unspecified atom stereocenters. The van der Waals surface area contributed by atoms with Crippen LogP contribution in [-0.4, -0.2) is 11.4 Å². The number of hydrogen-bond donors (Lipinski definition) is 0. The van der Waals surface area contributed by atoms with Gasteiger partial charge in [-0.25, -0.2) is 4.39 Å². The molecule has 94 valence electrons. The smallest absolute Gasteiger partial charge is 0.137 e. The van der Waals surface area contributed by atoms with E-state index in [9.17, 15) is 4.39 Å². The predicted octanol–water partition coefficient (Wildman–Crippen LogP) is 4.21. The third-order valence-electron chi connectivity index (χ3n) is 3.28. The third kappa shape index (κ3) is 2.51. The van der Waals surface area contributed by atoms with Gasteiger partial charge in [0.2, 0.25) is 0 Å². The van der Waals surface area contributed by atoms with Crippen molar-refractivity contribution in [2.45, 2.75) is 19.5 Å². The minimum atomic E-state index is -0.197. The van der Waals surface area contributed by atoms with Crippen molar-refractivity contribution in [1.82, 2.24) is 4.90 Å². The molecule has 1 aromatic carbocycles. The summed E-state index contributed by atoms with van der Waals surface area (Å²) < 4.78 is 13.7. The lowest BCUT2D eigenvalue weighted by atomic mass is 10.1. The van der Waals surface area contributed by atoms with E-state index in [0.717, 1.165) is 31.6 Å². The highest BCUT2D eigenvalue weighted by Crippen LogP contribution is 2.25. The van der Waals surface area contributed by atoms with Gasteiger partial charge in [-0.3, -0.25) is 4.90 Å². The first kappa shape index (κ1) is 12.3. The molecule has 0 bridgehead atoms. The normalized spacial score (nSPS) is 15.7. The maximum absolute atomic E-state index is 13.2.